The first kappa shape index (κ1) is 34.7. The van der Waals surface area contributed by atoms with Crippen LogP contribution in [0.5, 0.6) is 0 Å². The van der Waals surface area contributed by atoms with E-state index < -0.39 is 17.8 Å². The van der Waals surface area contributed by atoms with Crippen molar-refractivity contribution in [1.82, 2.24) is 10.2 Å². The van der Waals surface area contributed by atoms with Gasteiger partial charge in [-0.2, -0.15) is 11.8 Å². The van der Waals surface area contributed by atoms with Crippen molar-refractivity contribution in [2.45, 2.75) is 104 Å². The zero-order chi connectivity index (χ0) is 27.0. The molecule has 0 saturated heterocycles. The summed E-state index contributed by atoms with van der Waals surface area (Å²) in [4.78, 5) is 37.8. The smallest absolute Gasteiger partial charge is 0.316 e. The van der Waals surface area contributed by atoms with Crippen LogP contribution in [0.1, 0.15) is 104 Å². The average molecular weight is 531 g/mol. The Balaban J connectivity index is 4.20. The zero-order valence-corrected chi connectivity index (χ0v) is 24.3. The number of unbranched alkanes of at least 4 members (excludes halogenated alkanes) is 8. The summed E-state index contributed by atoms with van der Waals surface area (Å²) >= 11 is 1.50. The number of nitrogens with zero attached hydrogens (tertiary/aromatic N) is 1. The van der Waals surface area contributed by atoms with Crippen LogP contribution in [0.3, 0.4) is 0 Å². The molecule has 0 aromatic heterocycles. The van der Waals surface area contributed by atoms with Crippen molar-refractivity contribution in [3.63, 3.8) is 0 Å². The summed E-state index contributed by atoms with van der Waals surface area (Å²) in [5.41, 5.74) is 0. The molecule has 0 radical (unpaired) electrons. The van der Waals surface area contributed by atoms with Crippen molar-refractivity contribution in [3.8, 4) is 0 Å². The summed E-state index contributed by atoms with van der Waals surface area (Å²) < 4.78 is 5.61. The van der Waals surface area contributed by atoms with Crippen molar-refractivity contribution >= 4 is 29.6 Å². The Morgan fingerprint density at radius 2 is 1.44 bits per heavy atom. The number of carboxylic acid groups (broad SMARTS) is 1. The second-order valence-corrected chi connectivity index (χ2v) is 11.3. The highest BCUT2D eigenvalue weighted by atomic mass is 32.2. The molecule has 36 heavy (non-hydrogen) atoms. The van der Waals surface area contributed by atoms with E-state index in [0.29, 0.717) is 43.5 Å². The summed E-state index contributed by atoms with van der Waals surface area (Å²) in [6.07, 6.45) is 15.4. The van der Waals surface area contributed by atoms with Gasteiger partial charge in [-0.25, -0.2) is 0 Å². The van der Waals surface area contributed by atoms with E-state index in [2.05, 4.69) is 19.2 Å². The minimum Gasteiger partial charge on any atom is -0.481 e. The van der Waals surface area contributed by atoms with Crippen LogP contribution in [-0.2, 0) is 19.1 Å². The Bertz CT molecular complexity index is 574. The topological polar surface area (TPSA) is 95.9 Å². The molecule has 1 amide bonds. The number of hydrogen-bond acceptors (Lipinski definition) is 6. The molecule has 0 aliphatic heterocycles. The van der Waals surface area contributed by atoms with E-state index in [9.17, 15) is 19.5 Å². The number of nitrogens with one attached hydrogen (secondary N) is 1. The number of rotatable bonds is 25. The van der Waals surface area contributed by atoms with Gasteiger partial charge in [0.25, 0.3) is 0 Å². The zero-order valence-electron chi connectivity index (χ0n) is 23.5. The van der Waals surface area contributed by atoms with Crippen LogP contribution < -0.4 is 5.32 Å². The third-order valence-electron chi connectivity index (χ3n) is 6.39. The molecule has 0 spiro atoms. The number of carbonyl (C=O) groups is 3. The predicted molar refractivity (Wildman–Crippen MR) is 150 cm³/mol. The Morgan fingerprint density at radius 1 is 0.861 bits per heavy atom. The first-order valence-electron chi connectivity index (χ1n) is 14.2. The molecule has 0 fully saturated rings. The lowest BCUT2D eigenvalue weighted by molar-refractivity contribution is -0.147. The quantitative estimate of drug-likeness (QED) is 0.0880. The van der Waals surface area contributed by atoms with Crippen LogP contribution in [0.2, 0.25) is 0 Å². The Morgan fingerprint density at radius 3 is 2.03 bits per heavy atom. The van der Waals surface area contributed by atoms with Crippen LogP contribution in [0.25, 0.3) is 0 Å². The van der Waals surface area contributed by atoms with Gasteiger partial charge in [-0.1, -0.05) is 78.1 Å². The number of carbonyl (C=O) groups excluding carboxylic acids is 2. The van der Waals surface area contributed by atoms with Gasteiger partial charge in [0, 0.05) is 18.8 Å². The van der Waals surface area contributed by atoms with Gasteiger partial charge in [0.1, 0.15) is 5.92 Å². The lowest BCUT2D eigenvalue weighted by Gasteiger charge is -2.17. The second-order valence-electron chi connectivity index (χ2n) is 10.1. The van der Waals surface area contributed by atoms with Gasteiger partial charge in [0.15, 0.2) is 0 Å². The van der Waals surface area contributed by atoms with Crippen molar-refractivity contribution in [2.24, 2.45) is 11.8 Å². The van der Waals surface area contributed by atoms with Gasteiger partial charge in [-0.3, -0.25) is 14.4 Å². The maximum absolute atomic E-state index is 12.3. The van der Waals surface area contributed by atoms with Crippen LogP contribution in [0.4, 0.5) is 0 Å². The van der Waals surface area contributed by atoms with Gasteiger partial charge in [-0.15, -0.1) is 0 Å². The van der Waals surface area contributed by atoms with Gasteiger partial charge >= 0.3 is 11.9 Å². The lowest BCUT2D eigenvalue weighted by atomic mass is 9.95. The average Bonchev–Trinajstić information content (AvgIpc) is 2.83. The Hall–Kier alpha value is -1.28. The number of likely N-dealkylation sites (N-methyl/N-ethyl adjacent to an activating group) is 1. The van der Waals surface area contributed by atoms with Gasteiger partial charge in [0.2, 0.25) is 5.91 Å². The minimum absolute atomic E-state index is 0.180. The molecule has 0 aliphatic carbocycles. The van der Waals surface area contributed by atoms with E-state index in [-0.39, 0.29) is 12.4 Å². The van der Waals surface area contributed by atoms with Crippen LogP contribution >= 0.6 is 11.8 Å². The monoisotopic (exact) mass is 530 g/mol. The van der Waals surface area contributed by atoms with E-state index >= 15 is 0 Å². The molecular formula is C28H54N2O5S. The maximum Gasteiger partial charge on any atom is 0.316 e. The maximum atomic E-state index is 12.3. The third-order valence-corrected chi connectivity index (χ3v) is 7.40. The molecule has 7 nitrogen and oxygen atoms in total. The van der Waals surface area contributed by atoms with Crippen LogP contribution in [-0.4, -0.2) is 73.1 Å². The van der Waals surface area contributed by atoms with Crippen molar-refractivity contribution < 1.29 is 24.2 Å². The molecule has 8 heteroatoms. The molecule has 0 saturated carbocycles. The molecule has 212 valence electrons. The largest absolute Gasteiger partial charge is 0.481 e. The number of hydrogen-bond donors (Lipinski definition) is 2. The fourth-order valence-corrected chi connectivity index (χ4v) is 4.94. The molecule has 0 aromatic rings. The van der Waals surface area contributed by atoms with Crippen molar-refractivity contribution in [2.75, 3.05) is 45.3 Å². The molecule has 2 atom stereocenters. The summed E-state index contributed by atoms with van der Waals surface area (Å²) in [7, 11) is 3.79. The number of thioether (sulfide) groups is 1. The molecule has 2 N–H and O–H groups in total. The number of aliphatic carboxylic acids is 1. The van der Waals surface area contributed by atoms with Crippen molar-refractivity contribution in [1.29, 1.82) is 0 Å². The van der Waals surface area contributed by atoms with E-state index in [0.717, 1.165) is 12.8 Å². The summed E-state index contributed by atoms with van der Waals surface area (Å²) in [6.45, 7) is 6.05. The Labute approximate surface area is 224 Å². The number of carboxylic acids is 1. The molecular weight excluding hydrogens is 476 g/mol. The number of ether oxygens (including phenoxy) is 1. The molecule has 0 heterocycles. The van der Waals surface area contributed by atoms with Crippen molar-refractivity contribution in [3.05, 3.63) is 0 Å². The normalized spacial score (nSPS) is 12.9. The number of esters is 1. The highest BCUT2D eigenvalue weighted by molar-refractivity contribution is 7.99. The highest BCUT2D eigenvalue weighted by Gasteiger charge is 2.25. The first-order chi connectivity index (χ1) is 17.3. The van der Waals surface area contributed by atoms with E-state index in [1.165, 1.54) is 76.0 Å². The molecule has 0 bridgehead atoms. The summed E-state index contributed by atoms with van der Waals surface area (Å²) in [5.74, 6) is -1.24. The molecule has 0 aromatic carbocycles. The van der Waals surface area contributed by atoms with Gasteiger partial charge in [-0.05, 0) is 45.0 Å². The highest BCUT2D eigenvalue weighted by Crippen LogP contribution is 2.20. The standard InChI is InChI=1S/C28H54N2O5S/c1-5-7-9-11-12-14-16-24(15-13-10-8-6-2)23-35-26(31)18-22-36-21-17-25(28(33)34)27(32)29-19-20-30(3)4/h24-25H,5-23H2,1-4H3,(H,29,32)(H,33,34). The van der Waals surface area contributed by atoms with Crippen LogP contribution in [0.15, 0.2) is 0 Å². The fourth-order valence-electron chi connectivity index (χ4n) is 4.02. The first-order valence-corrected chi connectivity index (χ1v) is 15.4. The van der Waals surface area contributed by atoms with E-state index in [4.69, 9.17) is 4.74 Å². The number of amides is 1. The van der Waals surface area contributed by atoms with E-state index in [1.807, 2.05) is 19.0 Å². The SMILES string of the molecule is CCCCCCCCC(CCCCCC)COC(=O)CCSCCC(C(=O)O)C(=O)NCCN(C)C. The van der Waals surface area contributed by atoms with E-state index in [1.54, 1.807) is 0 Å². The summed E-state index contributed by atoms with van der Waals surface area (Å²) in [6, 6.07) is 0. The fraction of sp³-hybridized carbons (Fsp3) is 0.893. The second kappa shape index (κ2) is 24.1. The molecule has 0 aliphatic rings. The predicted octanol–water partition coefficient (Wildman–Crippen LogP) is 5.76. The Kier molecular flexibility index (Phi) is 23.2. The molecule has 0 rings (SSSR count). The van der Waals surface area contributed by atoms with Crippen LogP contribution in [0, 0.1) is 11.8 Å². The third kappa shape index (κ3) is 20.9. The summed E-state index contributed by atoms with van der Waals surface area (Å²) in [5, 5.41) is 12.1. The molecule has 2 unspecified atom stereocenters. The lowest BCUT2D eigenvalue weighted by Crippen LogP contribution is -2.39. The van der Waals surface area contributed by atoms with Gasteiger partial charge in [0.05, 0.1) is 13.0 Å². The minimum atomic E-state index is -1.10. The van der Waals surface area contributed by atoms with Gasteiger partial charge < -0.3 is 20.1 Å².